The summed E-state index contributed by atoms with van der Waals surface area (Å²) in [6, 6.07) is 9.95. The molecule has 1 aliphatic rings. The third-order valence-corrected chi connectivity index (χ3v) is 6.11. The van der Waals surface area contributed by atoms with E-state index in [9.17, 15) is 14.3 Å². The van der Waals surface area contributed by atoms with E-state index in [1.165, 1.54) is 12.1 Å². The molecule has 1 aliphatic carbocycles. The molecule has 152 valence electrons. The SMILES string of the molecule is O=c1c2cc(Cc3cccc(F)c3)c3cnccc3c2ncn1[C@H]1CCCC[C@@H]1O. The topological polar surface area (TPSA) is 68.0 Å². The number of halogens is 1. The van der Waals surface area contributed by atoms with E-state index < -0.39 is 6.10 Å². The third kappa shape index (κ3) is 3.27. The van der Waals surface area contributed by atoms with Crippen LogP contribution >= 0.6 is 0 Å². The lowest BCUT2D eigenvalue weighted by molar-refractivity contribution is 0.0735. The lowest BCUT2D eigenvalue weighted by atomic mass is 9.92. The van der Waals surface area contributed by atoms with Crippen molar-refractivity contribution in [1.82, 2.24) is 14.5 Å². The van der Waals surface area contributed by atoms with Crippen molar-refractivity contribution in [2.45, 2.75) is 44.2 Å². The number of rotatable bonds is 3. The van der Waals surface area contributed by atoms with Crippen LogP contribution in [0.5, 0.6) is 0 Å². The minimum atomic E-state index is -0.535. The number of fused-ring (bicyclic) bond motifs is 3. The number of hydrogen-bond donors (Lipinski definition) is 1. The van der Waals surface area contributed by atoms with Crippen LogP contribution in [0.25, 0.3) is 21.7 Å². The Labute approximate surface area is 172 Å². The Morgan fingerprint density at radius 1 is 1.10 bits per heavy atom. The number of benzene rings is 2. The number of aliphatic hydroxyl groups excluding tert-OH is 1. The molecule has 5 nitrogen and oxygen atoms in total. The number of aromatic nitrogens is 3. The van der Waals surface area contributed by atoms with Gasteiger partial charge in [0.15, 0.2) is 0 Å². The predicted molar refractivity (Wildman–Crippen MR) is 114 cm³/mol. The van der Waals surface area contributed by atoms with Crippen LogP contribution in [-0.4, -0.2) is 25.7 Å². The molecular weight excluding hydrogens is 381 g/mol. The van der Waals surface area contributed by atoms with E-state index in [0.717, 1.165) is 41.2 Å². The van der Waals surface area contributed by atoms with Crippen LogP contribution in [0.3, 0.4) is 0 Å². The quantitative estimate of drug-likeness (QED) is 0.522. The van der Waals surface area contributed by atoms with Gasteiger partial charge in [-0.15, -0.1) is 0 Å². The fourth-order valence-corrected chi connectivity index (χ4v) is 4.60. The summed E-state index contributed by atoms with van der Waals surface area (Å²) in [6.07, 6.45) is 8.39. The largest absolute Gasteiger partial charge is 0.391 e. The van der Waals surface area contributed by atoms with E-state index in [-0.39, 0.29) is 17.4 Å². The van der Waals surface area contributed by atoms with Gasteiger partial charge in [0.1, 0.15) is 5.82 Å². The summed E-state index contributed by atoms with van der Waals surface area (Å²) in [5.74, 6) is -0.286. The van der Waals surface area contributed by atoms with Crippen molar-refractivity contribution >= 4 is 21.7 Å². The first-order valence-electron chi connectivity index (χ1n) is 10.3. The van der Waals surface area contributed by atoms with Crippen molar-refractivity contribution in [1.29, 1.82) is 0 Å². The van der Waals surface area contributed by atoms with Crippen molar-refractivity contribution in [2.24, 2.45) is 0 Å². The molecule has 1 saturated carbocycles. The highest BCUT2D eigenvalue weighted by Crippen LogP contribution is 2.30. The van der Waals surface area contributed by atoms with Crippen LogP contribution in [0.4, 0.5) is 4.39 Å². The zero-order valence-electron chi connectivity index (χ0n) is 16.5. The van der Waals surface area contributed by atoms with Crippen LogP contribution in [0, 0.1) is 5.82 Å². The Bertz CT molecular complexity index is 1300. The molecule has 0 aliphatic heterocycles. The maximum absolute atomic E-state index is 13.7. The highest BCUT2D eigenvalue weighted by atomic mass is 19.1. The molecule has 2 aromatic carbocycles. The lowest BCUT2D eigenvalue weighted by Crippen LogP contribution is -2.34. The Kier molecular flexibility index (Phi) is 4.79. The first-order valence-corrected chi connectivity index (χ1v) is 10.3. The second kappa shape index (κ2) is 7.61. The summed E-state index contributed by atoms with van der Waals surface area (Å²) in [6.45, 7) is 0. The minimum Gasteiger partial charge on any atom is -0.391 e. The van der Waals surface area contributed by atoms with Gasteiger partial charge in [-0.3, -0.25) is 14.3 Å². The maximum Gasteiger partial charge on any atom is 0.261 e. The summed E-state index contributed by atoms with van der Waals surface area (Å²) >= 11 is 0. The van der Waals surface area contributed by atoms with Crippen LogP contribution in [0.15, 0.2) is 59.9 Å². The second-order valence-corrected chi connectivity index (χ2v) is 8.04. The lowest BCUT2D eigenvalue weighted by Gasteiger charge is -2.29. The van der Waals surface area contributed by atoms with Gasteiger partial charge in [-0.1, -0.05) is 25.0 Å². The molecule has 2 heterocycles. The monoisotopic (exact) mass is 403 g/mol. The molecule has 1 fully saturated rings. The molecule has 0 radical (unpaired) electrons. The molecule has 0 spiro atoms. The summed E-state index contributed by atoms with van der Waals surface area (Å²) in [7, 11) is 0. The van der Waals surface area contributed by atoms with Gasteiger partial charge in [-0.25, -0.2) is 9.37 Å². The van der Waals surface area contributed by atoms with Crippen molar-refractivity contribution in [3.63, 3.8) is 0 Å². The first-order chi connectivity index (χ1) is 14.6. The minimum absolute atomic E-state index is 0.148. The van der Waals surface area contributed by atoms with Crippen LogP contribution < -0.4 is 5.56 Å². The zero-order valence-corrected chi connectivity index (χ0v) is 16.5. The average Bonchev–Trinajstić information content (AvgIpc) is 2.75. The van der Waals surface area contributed by atoms with Crippen LogP contribution in [0.1, 0.15) is 42.9 Å². The fourth-order valence-electron chi connectivity index (χ4n) is 4.60. The fraction of sp³-hybridized carbons (Fsp3) is 0.292. The maximum atomic E-state index is 13.7. The van der Waals surface area contributed by atoms with E-state index in [1.54, 1.807) is 29.4 Å². The molecular formula is C24H22FN3O2. The number of nitrogens with zero attached hydrogens (tertiary/aromatic N) is 3. The molecule has 5 rings (SSSR count). The van der Waals surface area contributed by atoms with Crippen LogP contribution in [-0.2, 0) is 6.42 Å². The summed E-state index contributed by atoms with van der Waals surface area (Å²) < 4.78 is 15.3. The van der Waals surface area contributed by atoms with Gasteiger partial charge in [0.25, 0.3) is 5.56 Å². The van der Waals surface area contributed by atoms with Gasteiger partial charge in [0.05, 0.1) is 29.4 Å². The Hall–Kier alpha value is -3.12. The van der Waals surface area contributed by atoms with Crippen molar-refractivity contribution in [2.75, 3.05) is 0 Å². The smallest absolute Gasteiger partial charge is 0.261 e. The zero-order chi connectivity index (χ0) is 20.7. The van der Waals surface area contributed by atoms with Gasteiger partial charge in [0.2, 0.25) is 0 Å². The predicted octanol–water partition coefficient (Wildman–Crippen LogP) is 4.15. The molecule has 2 aromatic heterocycles. The Balaban J connectivity index is 1.71. The van der Waals surface area contributed by atoms with E-state index in [1.807, 2.05) is 18.2 Å². The summed E-state index contributed by atoms with van der Waals surface area (Å²) in [5, 5.41) is 12.7. The van der Waals surface area contributed by atoms with Gasteiger partial charge in [-0.05, 0) is 54.7 Å². The van der Waals surface area contributed by atoms with Gasteiger partial charge in [-0.2, -0.15) is 0 Å². The molecule has 0 unspecified atom stereocenters. The number of hydrogen-bond acceptors (Lipinski definition) is 4. The number of pyridine rings is 1. The van der Waals surface area contributed by atoms with Crippen molar-refractivity contribution < 1.29 is 9.50 Å². The molecule has 6 heteroatoms. The summed E-state index contributed by atoms with van der Waals surface area (Å²) in [5.41, 5.74) is 2.20. The van der Waals surface area contributed by atoms with E-state index in [0.29, 0.717) is 23.7 Å². The molecule has 4 aromatic rings. The standard InChI is InChI=1S/C24H22FN3O2/c25-17-5-3-4-15(11-17)10-16-12-19-23(18-8-9-26-13-20(16)18)27-14-28(24(19)30)21-6-1-2-7-22(21)29/h3-5,8-9,11-14,21-22,29H,1-2,6-7,10H2/t21-,22-/m0/s1. The number of aliphatic hydroxyl groups is 1. The normalized spacial score (nSPS) is 19.4. The molecule has 0 bridgehead atoms. The van der Waals surface area contributed by atoms with E-state index >= 15 is 0 Å². The Morgan fingerprint density at radius 3 is 2.80 bits per heavy atom. The molecule has 0 amide bonds. The van der Waals surface area contributed by atoms with Crippen LogP contribution in [0.2, 0.25) is 0 Å². The molecule has 2 atom stereocenters. The second-order valence-electron chi connectivity index (χ2n) is 8.04. The van der Waals surface area contributed by atoms with Gasteiger partial charge < -0.3 is 5.11 Å². The first kappa shape index (κ1) is 18.9. The Morgan fingerprint density at radius 2 is 1.97 bits per heavy atom. The highest BCUT2D eigenvalue weighted by molar-refractivity contribution is 6.06. The van der Waals surface area contributed by atoms with Crippen molar-refractivity contribution in [3.8, 4) is 0 Å². The third-order valence-electron chi connectivity index (χ3n) is 6.11. The molecule has 30 heavy (non-hydrogen) atoms. The summed E-state index contributed by atoms with van der Waals surface area (Å²) in [4.78, 5) is 22.3. The molecule has 0 saturated heterocycles. The van der Waals surface area contributed by atoms with E-state index in [4.69, 9.17) is 0 Å². The van der Waals surface area contributed by atoms with Crippen molar-refractivity contribution in [3.05, 3.63) is 82.4 Å². The highest BCUT2D eigenvalue weighted by Gasteiger charge is 2.26. The van der Waals surface area contributed by atoms with Gasteiger partial charge >= 0.3 is 0 Å². The van der Waals surface area contributed by atoms with Gasteiger partial charge in [0, 0.05) is 23.2 Å². The average molecular weight is 403 g/mol. The van der Waals surface area contributed by atoms with E-state index in [2.05, 4.69) is 9.97 Å². The molecule has 1 N–H and O–H groups in total.